The van der Waals surface area contributed by atoms with E-state index in [0.29, 0.717) is 23.5 Å². The van der Waals surface area contributed by atoms with Crippen molar-refractivity contribution in [1.29, 1.82) is 0 Å². The Balaban J connectivity index is 1.44. The Labute approximate surface area is 178 Å². The number of ether oxygens (including phenoxy) is 1. The first kappa shape index (κ1) is 19.9. The molecule has 0 fully saturated rings. The molecular weight excluding hydrogens is 398 g/mol. The van der Waals surface area contributed by atoms with E-state index in [2.05, 4.69) is 32.5 Å². The third-order valence-corrected chi connectivity index (χ3v) is 5.15. The first-order valence-electron chi connectivity index (χ1n) is 9.63. The molecule has 2 aromatic heterocycles. The van der Waals surface area contributed by atoms with Gasteiger partial charge in [0.2, 0.25) is 5.82 Å². The minimum absolute atomic E-state index is 0.176. The van der Waals surface area contributed by atoms with Gasteiger partial charge in [-0.25, -0.2) is 9.78 Å². The number of carbonyl (C=O) groups excluding carboxylic acids is 1. The number of nitrogens with zero attached hydrogens (tertiary/aromatic N) is 5. The van der Waals surface area contributed by atoms with Gasteiger partial charge in [0.1, 0.15) is 6.54 Å². The standard InChI is InChI=1S/C22H21N5O2S/c1-15(2)29-22(28)18-10-6-9-17(12-18)21-24-26-27(25-21)13-19-14-30-20(23-19)11-16-7-4-3-5-8-16/h3-10,12,14-15H,11,13H2,1-2H3. The molecule has 0 saturated carbocycles. The molecule has 7 nitrogen and oxygen atoms in total. The monoisotopic (exact) mass is 419 g/mol. The van der Waals surface area contributed by atoms with E-state index in [1.807, 2.05) is 43.5 Å². The number of aromatic nitrogens is 5. The zero-order valence-corrected chi connectivity index (χ0v) is 17.5. The summed E-state index contributed by atoms with van der Waals surface area (Å²) in [5.74, 6) is 0.0848. The van der Waals surface area contributed by atoms with Crippen LogP contribution in [0.2, 0.25) is 0 Å². The molecule has 0 atom stereocenters. The maximum atomic E-state index is 12.1. The number of esters is 1. The van der Waals surface area contributed by atoms with E-state index >= 15 is 0 Å². The highest BCUT2D eigenvalue weighted by molar-refractivity contribution is 7.09. The summed E-state index contributed by atoms with van der Waals surface area (Å²) < 4.78 is 5.25. The molecule has 2 heterocycles. The van der Waals surface area contributed by atoms with Gasteiger partial charge in [-0.1, -0.05) is 42.5 Å². The number of tetrazole rings is 1. The predicted octanol–water partition coefficient (Wildman–Crippen LogP) is 4.00. The highest BCUT2D eigenvalue weighted by Gasteiger charge is 2.13. The second-order valence-corrected chi connectivity index (χ2v) is 8.02. The van der Waals surface area contributed by atoms with Crippen molar-refractivity contribution in [3.8, 4) is 11.4 Å². The number of carbonyl (C=O) groups is 1. The fraction of sp³-hybridized carbons (Fsp3) is 0.227. The average Bonchev–Trinajstić information content (AvgIpc) is 3.38. The summed E-state index contributed by atoms with van der Waals surface area (Å²) >= 11 is 1.62. The summed E-state index contributed by atoms with van der Waals surface area (Å²) in [5.41, 5.74) is 3.30. The van der Waals surface area contributed by atoms with Gasteiger partial charge >= 0.3 is 5.97 Å². The molecule has 152 valence electrons. The van der Waals surface area contributed by atoms with Gasteiger partial charge < -0.3 is 4.74 Å². The van der Waals surface area contributed by atoms with Crippen molar-refractivity contribution in [3.05, 3.63) is 81.8 Å². The lowest BCUT2D eigenvalue weighted by Gasteiger charge is -2.08. The quantitative estimate of drug-likeness (QED) is 0.421. The zero-order chi connectivity index (χ0) is 20.9. The number of hydrogen-bond donors (Lipinski definition) is 0. The van der Waals surface area contributed by atoms with Crippen molar-refractivity contribution in [2.45, 2.75) is 32.9 Å². The highest BCUT2D eigenvalue weighted by Crippen LogP contribution is 2.18. The maximum absolute atomic E-state index is 12.1. The molecule has 2 aromatic carbocycles. The lowest BCUT2D eigenvalue weighted by atomic mass is 10.1. The fourth-order valence-corrected chi connectivity index (χ4v) is 3.73. The molecule has 0 amide bonds. The Hall–Kier alpha value is -3.39. The van der Waals surface area contributed by atoms with E-state index < -0.39 is 0 Å². The molecule has 0 N–H and O–H groups in total. The first-order valence-corrected chi connectivity index (χ1v) is 10.5. The molecule has 0 aliphatic carbocycles. The van der Waals surface area contributed by atoms with Crippen LogP contribution in [0, 0.1) is 0 Å². The van der Waals surface area contributed by atoms with E-state index in [9.17, 15) is 4.79 Å². The normalized spacial score (nSPS) is 11.0. The molecule has 4 aromatic rings. The third-order valence-electron chi connectivity index (χ3n) is 4.25. The molecule has 0 radical (unpaired) electrons. The van der Waals surface area contributed by atoms with Crippen molar-refractivity contribution in [2.24, 2.45) is 0 Å². The van der Waals surface area contributed by atoms with Crippen LogP contribution in [-0.4, -0.2) is 37.3 Å². The van der Waals surface area contributed by atoms with Gasteiger partial charge in [0.25, 0.3) is 0 Å². The second-order valence-electron chi connectivity index (χ2n) is 7.07. The SMILES string of the molecule is CC(C)OC(=O)c1cccc(-c2nnn(Cc3csc(Cc4ccccc4)n3)n2)c1. The fourth-order valence-electron chi connectivity index (χ4n) is 2.91. The largest absolute Gasteiger partial charge is 0.459 e. The number of thiazole rings is 1. The number of hydrogen-bond acceptors (Lipinski definition) is 7. The summed E-state index contributed by atoms with van der Waals surface area (Å²) in [4.78, 5) is 18.3. The van der Waals surface area contributed by atoms with E-state index in [-0.39, 0.29) is 12.1 Å². The van der Waals surface area contributed by atoms with Gasteiger partial charge in [-0.05, 0) is 36.8 Å². The molecule has 0 saturated heterocycles. The molecule has 0 aliphatic heterocycles. The third kappa shape index (κ3) is 4.96. The maximum Gasteiger partial charge on any atom is 0.338 e. The van der Waals surface area contributed by atoms with Crippen molar-refractivity contribution in [3.63, 3.8) is 0 Å². The molecule has 0 unspecified atom stereocenters. The Morgan fingerprint density at radius 1 is 1.13 bits per heavy atom. The lowest BCUT2D eigenvalue weighted by molar-refractivity contribution is 0.0378. The highest BCUT2D eigenvalue weighted by atomic mass is 32.1. The van der Waals surface area contributed by atoms with Crippen molar-refractivity contribution < 1.29 is 9.53 Å². The van der Waals surface area contributed by atoms with E-state index in [1.165, 1.54) is 10.4 Å². The minimum atomic E-state index is -0.368. The summed E-state index contributed by atoms with van der Waals surface area (Å²) in [6, 6.07) is 17.3. The Bertz CT molecular complexity index is 1140. The summed E-state index contributed by atoms with van der Waals surface area (Å²) in [6.07, 6.45) is 0.630. The molecular formula is C22H21N5O2S. The van der Waals surface area contributed by atoms with Gasteiger partial charge in [-0.15, -0.1) is 21.5 Å². The average molecular weight is 420 g/mol. The first-order chi connectivity index (χ1) is 14.6. The molecule has 0 spiro atoms. The number of rotatable bonds is 7. The zero-order valence-electron chi connectivity index (χ0n) is 16.7. The summed E-state index contributed by atoms with van der Waals surface area (Å²) in [5, 5.41) is 15.8. The smallest absolute Gasteiger partial charge is 0.338 e. The summed E-state index contributed by atoms with van der Waals surface area (Å²) in [6.45, 7) is 4.07. The second kappa shape index (κ2) is 8.96. The van der Waals surface area contributed by atoms with Crippen LogP contribution in [0.1, 0.15) is 40.5 Å². The van der Waals surface area contributed by atoms with Gasteiger partial charge in [0, 0.05) is 17.4 Å². The van der Waals surface area contributed by atoms with Crippen LogP contribution >= 0.6 is 11.3 Å². The van der Waals surface area contributed by atoms with Crippen molar-refractivity contribution in [1.82, 2.24) is 25.2 Å². The van der Waals surface area contributed by atoms with Crippen LogP contribution in [0.4, 0.5) is 0 Å². The van der Waals surface area contributed by atoms with E-state index in [1.54, 1.807) is 29.5 Å². The summed E-state index contributed by atoms with van der Waals surface area (Å²) in [7, 11) is 0. The molecule has 8 heteroatoms. The Morgan fingerprint density at radius 3 is 2.77 bits per heavy atom. The van der Waals surface area contributed by atoms with Gasteiger partial charge in [-0.3, -0.25) is 0 Å². The van der Waals surface area contributed by atoms with Crippen LogP contribution in [0.5, 0.6) is 0 Å². The van der Waals surface area contributed by atoms with Crippen molar-refractivity contribution in [2.75, 3.05) is 0 Å². The molecule has 30 heavy (non-hydrogen) atoms. The van der Waals surface area contributed by atoms with Crippen molar-refractivity contribution >= 4 is 17.3 Å². The molecule has 0 aliphatic rings. The predicted molar refractivity (Wildman–Crippen MR) is 114 cm³/mol. The Morgan fingerprint density at radius 2 is 1.97 bits per heavy atom. The van der Waals surface area contributed by atoms with Crippen LogP contribution < -0.4 is 0 Å². The lowest BCUT2D eigenvalue weighted by Crippen LogP contribution is -2.11. The van der Waals surface area contributed by atoms with Crippen LogP contribution in [0.15, 0.2) is 60.0 Å². The topological polar surface area (TPSA) is 82.8 Å². The van der Waals surface area contributed by atoms with Gasteiger partial charge in [0.15, 0.2) is 0 Å². The van der Waals surface area contributed by atoms with Gasteiger partial charge in [0.05, 0.1) is 22.4 Å². The molecule has 4 rings (SSSR count). The number of benzene rings is 2. The molecule has 0 bridgehead atoms. The Kier molecular flexibility index (Phi) is 5.94. The van der Waals surface area contributed by atoms with E-state index in [0.717, 1.165) is 17.1 Å². The van der Waals surface area contributed by atoms with Crippen LogP contribution in [0.25, 0.3) is 11.4 Å². The minimum Gasteiger partial charge on any atom is -0.459 e. The van der Waals surface area contributed by atoms with E-state index in [4.69, 9.17) is 4.74 Å². The van der Waals surface area contributed by atoms with Gasteiger partial charge in [-0.2, -0.15) is 4.80 Å². The van der Waals surface area contributed by atoms with Crippen LogP contribution in [-0.2, 0) is 17.7 Å². The van der Waals surface area contributed by atoms with Crippen LogP contribution in [0.3, 0.4) is 0 Å².